The zero-order valence-corrected chi connectivity index (χ0v) is 14.8. The molecule has 1 aromatic carbocycles. The van der Waals surface area contributed by atoms with Gasteiger partial charge in [0.2, 0.25) is 0 Å². The molecule has 0 amide bonds. The first-order chi connectivity index (χ1) is 12.4. The number of hydrogen-bond acceptors (Lipinski definition) is 3. The van der Waals surface area contributed by atoms with Gasteiger partial charge in [0, 0.05) is 37.6 Å². The number of thiocarbonyl (C=S) groups is 1. The quantitative estimate of drug-likeness (QED) is 0.238. The largest absolute Gasteiger partial charge is 0.382 e. The molecule has 5 nitrogen and oxygen atoms in total. The van der Waals surface area contributed by atoms with Gasteiger partial charge >= 0.3 is 0 Å². The highest BCUT2D eigenvalue weighted by Gasteiger charge is 2.19. The van der Waals surface area contributed by atoms with Crippen molar-refractivity contribution in [3.8, 4) is 0 Å². The van der Waals surface area contributed by atoms with Crippen molar-refractivity contribution in [1.82, 2.24) is 15.1 Å². The second-order valence-corrected chi connectivity index (χ2v) is 5.71. The minimum Gasteiger partial charge on any atom is -0.382 e. The van der Waals surface area contributed by atoms with Gasteiger partial charge in [0.25, 0.3) is 0 Å². The van der Waals surface area contributed by atoms with Crippen molar-refractivity contribution in [2.75, 3.05) is 25.1 Å². The van der Waals surface area contributed by atoms with Gasteiger partial charge in [-0.15, -0.1) is 0 Å². The lowest BCUT2D eigenvalue weighted by Crippen LogP contribution is -2.29. The summed E-state index contributed by atoms with van der Waals surface area (Å²) in [4.78, 5) is 0. The first-order valence-electron chi connectivity index (χ1n) is 7.89. The number of rotatable bonds is 8. The van der Waals surface area contributed by atoms with E-state index < -0.39 is 35.4 Å². The van der Waals surface area contributed by atoms with Crippen LogP contribution in [0.1, 0.15) is 18.9 Å². The summed E-state index contributed by atoms with van der Waals surface area (Å²) in [6.45, 7) is 3.40. The number of nitrogens with zero attached hydrogens (tertiary/aromatic N) is 2. The number of ether oxygens (including phenoxy) is 1. The van der Waals surface area contributed by atoms with Crippen molar-refractivity contribution in [2.45, 2.75) is 19.9 Å². The van der Waals surface area contributed by atoms with E-state index in [2.05, 4.69) is 15.7 Å². The highest BCUT2D eigenvalue weighted by molar-refractivity contribution is 7.80. The Morgan fingerprint density at radius 2 is 2.00 bits per heavy atom. The Morgan fingerprint density at radius 3 is 2.73 bits per heavy atom. The maximum absolute atomic E-state index is 13.7. The molecule has 0 aliphatic carbocycles. The average Bonchev–Trinajstić information content (AvgIpc) is 3.03. The number of anilines is 1. The summed E-state index contributed by atoms with van der Waals surface area (Å²) in [6.07, 6.45) is 3.61. The zero-order valence-electron chi connectivity index (χ0n) is 14.0. The van der Waals surface area contributed by atoms with Gasteiger partial charge < -0.3 is 15.4 Å². The fraction of sp³-hybridized carbons (Fsp3) is 0.375. The van der Waals surface area contributed by atoms with E-state index in [9.17, 15) is 17.6 Å². The minimum atomic E-state index is -1.72. The number of halogens is 4. The third kappa shape index (κ3) is 5.40. The number of nitrogens with one attached hydrogen (secondary N) is 2. The molecule has 142 valence electrons. The van der Waals surface area contributed by atoms with Crippen molar-refractivity contribution in [3.63, 3.8) is 0 Å². The summed E-state index contributed by atoms with van der Waals surface area (Å²) in [6, 6.07) is 0.303. The molecule has 0 fully saturated rings. The minimum absolute atomic E-state index is 0.303. The molecule has 0 spiro atoms. The van der Waals surface area contributed by atoms with E-state index in [0.29, 0.717) is 36.6 Å². The molecule has 0 bridgehead atoms. The van der Waals surface area contributed by atoms with E-state index in [4.69, 9.17) is 17.0 Å². The molecule has 0 radical (unpaired) electrons. The molecule has 0 saturated carbocycles. The lowest BCUT2D eigenvalue weighted by atomic mass is 10.2. The summed E-state index contributed by atoms with van der Waals surface area (Å²) in [5, 5.41) is 10.1. The number of benzene rings is 1. The maximum atomic E-state index is 13.7. The summed E-state index contributed by atoms with van der Waals surface area (Å²) >= 11 is 5.11. The molecule has 10 heteroatoms. The van der Waals surface area contributed by atoms with Gasteiger partial charge in [-0.2, -0.15) is 5.10 Å². The highest BCUT2D eigenvalue weighted by atomic mass is 32.1. The summed E-state index contributed by atoms with van der Waals surface area (Å²) in [7, 11) is 0. The third-order valence-electron chi connectivity index (χ3n) is 3.38. The van der Waals surface area contributed by atoms with Gasteiger partial charge in [-0.3, -0.25) is 4.68 Å². The second-order valence-electron chi connectivity index (χ2n) is 5.30. The van der Waals surface area contributed by atoms with Gasteiger partial charge in [0.1, 0.15) is 5.82 Å². The molecule has 0 aliphatic rings. The van der Waals surface area contributed by atoms with Crippen molar-refractivity contribution >= 4 is 23.0 Å². The molecular weight excluding hydrogens is 372 g/mol. The standard InChI is InChI=1S/C16H18F4N4OS/c1-2-25-5-3-4-21-16(26)23-10-7-22-24(8-10)9-11-12(17)6-13(18)15(20)14(11)19/h6-8H,2-5,9H2,1H3,(H2,21,23,26). The van der Waals surface area contributed by atoms with Gasteiger partial charge in [-0.25, -0.2) is 17.6 Å². The monoisotopic (exact) mass is 390 g/mol. The van der Waals surface area contributed by atoms with Gasteiger partial charge in [-0.1, -0.05) is 0 Å². The summed E-state index contributed by atoms with van der Waals surface area (Å²) < 4.78 is 60.0. The first-order valence-corrected chi connectivity index (χ1v) is 8.30. The smallest absolute Gasteiger partial charge is 0.194 e. The molecule has 0 atom stereocenters. The van der Waals surface area contributed by atoms with Crippen LogP contribution < -0.4 is 10.6 Å². The Hall–Kier alpha value is -2.20. The van der Waals surface area contributed by atoms with E-state index in [-0.39, 0.29) is 0 Å². The van der Waals surface area contributed by atoms with Crippen LogP contribution >= 0.6 is 12.2 Å². The van der Waals surface area contributed by atoms with Crippen LogP contribution in [0.15, 0.2) is 18.5 Å². The normalized spacial score (nSPS) is 10.8. The maximum Gasteiger partial charge on any atom is 0.194 e. The Balaban J connectivity index is 1.92. The summed E-state index contributed by atoms with van der Waals surface area (Å²) in [5.74, 6) is -6.05. The molecule has 0 aliphatic heterocycles. The van der Waals surface area contributed by atoms with E-state index in [1.165, 1.54) is 17.1 Å². The van der Waals surface area contributed by atoms with Crippen LogP contribution in [0.2, 0.25) is 0 Å². The lowest BCUT2D eigenvalue weighted by molar-refractivity contribution is 0.146. The van der Waals surface area contributed by atoms with Crippen LogP contribution in [0.5, 0.6) is 0 Å². The molecule has 0 unspecified atom stereocenters. The Morgan fingerprint density at radius 1 is 1.23 bits per heavy atom. The molecule has 1 heterocycles. The molecule has 1 aromatic heterocycles. The predicted octanol–water partition coefficient (Wildman–Crippen LogP) is 3.20. The van der Waals surface area contributed by atoms with Gasteiger partial charge in [-0.05, 0) is 25.6 Å². The molecular formula is C16H18F4N4OS. The van der Waals surface area contributed by atoms with E-state index >= 15 is 0 Å². The van der Waals surface area contributed by atoms with Crippen molar-refractivity contribution in [3.05, 3.63) is 47.3 Å². The zero-order chi connectivity index (χ0) is 19.1. The fourth-order valence-corrected chi connectivity index (χ4v) is 2.34. The third-order valence-corrected chi connectivity index (χ3v) is 3.62. The van der Waals surface area contributed by atoms with E-state index in [0.717, 1.165) is 6.42 Å². The van der Waals surface area contributed by atoms with E-state index in [1.54, 1.807) is 0 Å². The highest BCUT2D eigenvalue weighted by Crippen LogP contribution is 2.20. The van der Waals surface area contributed by atoms with Crippen LogP contribution in [-0.4, -0.2) is 34.7 Å². The predicted molar refractivity (Wildman–Crippen MR) is 92.9 cm³/mol. The lowest BCUT2D eigenvalue weighted by Gasteiger charge is -2.09. The van der Waals surface area contributed by atoms with Crippen LogP contribution in [0.25, 0.3) is 0 Å². The number of aromatic nitrogens is 2. The first kappa shape index (κ1) is 20.1. The van der Waals surface area contributed by atoms with Crippen molar-refractivity contribution < 1.29 is 22.3 Å². The Bertz CT molecular complexity index is 769. The van der Waals surface area contributed by atoms with Gasteiger partial charge in [0.05, 0.1) is 18.4 Å². The number of hydrogen-bond donors (Lipinski definition) is 2. The Kier molecular flexibility index (Phi) is 7.34. The Labute approximate surface area is 153 Å². The van der Waals surface area contributed by atoms with Crippen LogP contribution in [-0.2, 0) is 11.3 Å². The van der Waals surface area contributed by atoms with E-state index in [1.807, 2.05) is 6.92 Å². The molecule has 26 heavy (non-hydrogen) atoms. The van der Waals surface area contributed by atoms with Gasteiger partial charge in [0.15, 0.2) is 22.6 Å². The second kappa shape index (κ2) is 9.48. The van der Waals surface area contributed by atoms with Crippen LogP contribution in [0, 0.1) is 23.3 Å². The molecule has 0 saturated heterocycles. The molecule has 2 rings (SSSR count). The average molecular weight is 390 g/mol. The van der Waals surface area contributed by atoms with Crippen molar-refractivity contribution in [2.24, 2.45) is 0 Å². The van der Waals surface area contributed by atoms with Crippen LogP contribution in [0.4, 0.5) is 23.2 Å². The van der Waals surface area contributed by atoms with Crippen molar-refractivity contribution in [1.29, 1.82) is 0 Å². The topological polar surface area (TPSA) is 51.1 Å². The summed E-state index contributed by atoms with van der Waals surface area (Å²) in [5.41, 5.74) is -0.133. The fourth-order valence-electron chi connectivity index (χ4n) is 2.12. The SMILES string of the molecule is CCOCCCNC(=S)Nc1cnn(Cc2c(F)cc(F)c(F)c2F)c1. The van der Waals surface area contributed by atoms with Crippen LogP contribution in [0.3, 0.4) is 0 Å². The molecule has 2 aromatic rings. The molecule has 2 N–H and O–H groups in total.